The Hall–Kier alpha value is -1.03. The fourth-order valence-electron chi connectivity index (χ4n) is 1.79. The van der Waals surface area contributed by atoms with E-state index in [2.05, 4.69) is 15.3 Å². The lowest BCUT2D eigenvalue weighted by Crippen LogP contribution is -2.37. The lowest BCUT2D eigenvalue weighted by Gasteiger charge is -2.25. The third-order valence-corrected chi connectivity index (χ3v) is 2.57. The third kappa shape index (κ3) is 2.07. The van der Waals surface area contributed by atoms with Crippen LogP contribution in [0.4, 0.5) is 4.39 Å². The minimum atomic E-state index is -1.02. The first kappa shape index (κ1) is 9.52. The maximum atomic E-state index is 13.9. The van der Waals surface area contributed by atoms with Gasteiger partial charge in [-0.15, -0.1) is 0 Å². The second-order valence-corrected chi connectivity index (χ2v) is 3.59. The molecule has 0 amide bonds. The number of hydrogen-bond acceptors (Lipinski definition) is 3. The summed E-state index contributed by atoms with van der Waals surface area (Å²) in [5, 5.41) is 3.17. The SMILES string of the molecule is FC(c1cnccn1)C1CCCCN1. The number of rotatable bonds is 2. The summed E-state index contributed by atoms with van der Waals surface area (Å²) in [5.74, 6) is 0. The first-order valence-corrected chi connectivity index (χ1v) is 5.01. The summed E-state index contributed by atoms with van der Waals surface area (Å²) >= 11 is 0. The van der Waals surface area contributed by atoms with Crippen LogP contribution in [0.15, 0.2) is 18.6 Å². The molecule has 2 heterocycles. The van der Waals surface area contributed by atoms with Gasteiger partial charge in [0.15, 0.2) is 6.17 Å². The average molecular weight is 195 g/mol. The van der Waals surface area contributed by atoms with Crippen molar-refractivity contribution in [1.29, 1.82) is 0 Å². The molecule has 1 aliphatic rings. The second kappa shape index (κ2) is 4.46. The molecule has 0 radical (unpaired) electrons. The van der Waals surface area contributed by atoms with Crippen molar-refractivity contribution in [1.82, 2.24) is 15.3 Å². The normalized spacial score (nSPS) is 24.5. The van der Waals surface area contributed by atoms with Crippen LogP contribution >= 0.6 is 0 Å². The summed E-state index contributed by atoms with van der Waals surface area (Å²) in [5.41, 5.74) is 0.437. The summed E-state index contributed by atoms with van der Waals surface area (Å²) in [6.45, 7) is 0.908. The van der Waals surface area contributed by atoms with Crippen LogP contribution in [0.25, 0.3) is 0 Å². The Balaban J connectivity index is 2.03. The van der Waals surface area contributed by atoms with Crippen molar-refractivity contribution in [3.8, 4) is 0 Å². The van der Waals surface area contributed by atoms with Gasteiger partial charge in [-0.2, -0.15) is 0 Å². The van der Waals surface area contributed by atoms with Crippen molar-refractivity contribution in [3.05, 3.63) is 24.3 Å². The van der Waals surface area contributed by atoms with E-state index in [1.807, 2.05) is 0 Å². The van der Waals surface area contributed by atoms with Crippen LogP contribution in [0, 0.1) is 0 Å². The van der Waals surface area contributed by atoms with Gasteiger partial charge in [0, 0.05) is 18.4 Å². The van der Waals surface area contributed by atoms with E-state index in [9.17, 15) is 4.39 Å². The van der Waals surface area contributed by atoms with Crippen molar-refractivity contribution in [2.24, 2.45) is 0 Å². The molecule has 1 aromatic heterocycles. The Labute approximate surface area is 82.8 Å². The molecule has 0 aromatic carbocycles. The monoisotopic (exact) mass is 195 g/mol. The number of aromatic nitrogens is 2. The highest BCUT2D eigenvalue weighted by molar-refractivity contribution is 5.03. The molecule has 2 unspecified atom stereocenters. The molecule has 1 aromatic rings. The number of nitrogens with one attached hydrogen (secondary N) is 1. The summed E-state index contributed by atoms with van der Waals surface area (Å²) < 4.78 is 13.9. The van der Waals surface area contributed by atoms with E-state index in [0.29, 0.717) is 5.69 Å². The highest BCUT2D eigenvalue weighted by atomic mass is 19.1. The van der Waals surface area contributed by atoms with E-state index in [4.69, 9.17) is 0 Å². The standard InChI is InChI=1S/C10H14FN3/c11-10(8-3-1-2-4-13-8)9-7-12-5-6-14-9/h5-8,10,13H,1-4H2. The first-order chi connectivity index (χ1) is 6.88. The Kier molecular flexibility index (Phi) is 3.03. The van der Waals surface area contributed by atoms with Crippen molar-refractivity contribution >= 4 is 0 Å². The van der Waals surface area contributed by atoms with E-state index in [0.717, 1.165) is 25.8 Å². The smallest absolute Gasteiger partial charge is 0.159 e. The Morgan fingerprint density at radius 2 is 2.36 bits per heavy atom. The lowest BCUT2D eigenvalue weighted by atomic mass is 9.99. The number of piperidine rings is 1. The van der Waals surface area contributed by atoms with Gasteiger partial charge < -0.3 is 5.32 Å². The Morgan fingerprint density at radius 3 is 3.00 bits per heavy atom. The molecule has 76 valence electrons. The zero-order valence-corrected chi connectivity index (χ0v) is 7.99. The molecule has 0 saturated carbocycles. The van der Waals surface area contributed by atoms with Crippen LogP contribution in [-0.2, 0) is 0 Å². The van der Waals surface area contributed by atoms with Crippen LogP contribution in [0.3, 0.4) is 0 Å². The fraction of sp³-hybridized carbons (Fsp3) is 0.600. The number of hydrogen-bond donors (Lipinski definition) is 1. The van der Waals surface area contributed by atoms with Gasteiger partial charge in [0.2, 0.25) is 0 Å². The van der Waals surface area contributed by atoms with Crippen LogP contribution in [-0.4, -0.2) is 22.6 Å². The molecule has 4 heteroatoms. The summed E-state index contributed by atoms with van der Waals surface area (Å²) in [7, 11) is 0. The number of nitrogens with zero attached hydrogens (tertiary/aromatic N) is 2. The molecule has 2 rings (SSSR count). The van der Waals surface area contributed by atoms with Gasteiger partial charge in [0.05, 0.1) is 11.9 Å². The molecule has 1 saturated heterocycles. The van der Waals surface area contributed by atoms with Crippen molar-refractivity contribution in [3.63, 3.8) is 0 Å². The minimum Gasteiger partial charge on any atom is -0.311 e. The largest absolute Gasteiger partial charge is 0.311 e. The first-order valence-electron chi connectivity index (χ1n) is 5.01. The predicted molar refractivity (Wildman–Crippen MR) is 51.5 cm³/mol. The van der Waals surface area contributed by atoms with Gasteiger partial charge in [-0.25, -0.2) is 4.39 Å². The maximum absolute atomic E-state index is 13.9. The highest BCUT2D eigenvalue weighted by Gasteiger charge is 2.25. The van der Waals surface area contributed by atoms with Crippen LogP contribution in [0.2, 0.25) is 0 Å². The van der Waals surface area contributed by atoms with E-state index < -0.39 is 6.17 Å². The van der Waals surface area contributed by atoms with Gasteiger partial charge in [-0.05, 0) is 19.4 Å². The van der Waals surface area contributed by atoms with E-state index in [-0.39, 0.29) is 6.04 Å². The van der Waals surface area contributed by atoms with Crippen molar-refractivity contribution in [2.45, 2.75) is 31.5 Å². The van der Waals surface area contributed by atoms with Gasteiger partial charge in [0.1, 0.15) is 0 Å². The minimum absolute atomic E-state index is 0.0829. The van der Waals surface area contributed by atoms with Crippen LogP contribution in [0.5, 0.6) is 0 Å². The highest BCUT2D eigenvalue weighted by Crippen LogP contribution is 2.24. The van der Waals surface area contributed by atoms with E-state index >= 15 is 0 Å². The number of alkyl halides is 1. The molecule has 0 bridgehead atoms. The van der Waals surface area contributed by atoms with Gasteiger partial charge in [-0.3, -0.25) is 9.97 Å². The van der Waals surface area contributed by atoms with Gasteiger partial charge in [-0.1, -0.05) is 6.42 Å². The molecule has 1 N–H and O–H groups in total. The molecule has 14 heavy (non-hydrogen) atoms. The maximum Gasteiger partial charge on any atom is 0.159 e. The summed E-state index contributed by atoms with van der Waals surface area (Å²) in [6, 6.07) is -0.0829. The number of halogens is 1. The Bertz CT molecular complexity index is 272. The zero-order valence-electron chi connectivity index (χ0n) is 7.99. The third-order valence-electron chi connectivity index (χ3n) is 2.57. The average Bonchev–Trinajstić information content (AvgIpc) is 2.30. The van der Waals surface area contributed by atoms with Crippen LogP contribution < -0.4 is 5.32 Å². The van der Waals surface area contributed by atoms with Crippen LogP contribution in [0.1, 0.15) is 31.1 Å². The van der Waals surface area contributed by atoms with E-state index in [1.165, 1.54) is 12.4 Å². The lowest BCUT2D eigenvalue weighted by molar-refractivity contribution is 0.216. The molecular weight excluding hydrogens is 181 g/mol. The topological polar surface area (TPSA) is 37.8 Å². The van der Waals surface area contributed by atoms with Crippen molar-refractivity contribution < 1.29 is 4.39 Å². The van der Waals surface area contributed by atoms with Gasteiger partial charge >= 0.3 is 0 Å². The fourth-order valence-corrected chi connectivity index (χ4v) is 1.79. The molecule has 2 atom stereocenters. The molecule has 1 fully saturated rings. The summed E-state index contributed by atoms with van der Waals surface area (Å²) in [4.78, 5) is 7.85. The predicted octanol–water partition coefficient (Wildman–Crippen LogP) is 1.63. The molecule has 0 aliphatic carbocycles. The van der Waals surface area contributed by atoms with Crippen molar-refractivity contribution in [2.75, 3.05) is 6.54 Å². The van der Waals surface area contributed by atoms with Gasteiger partial charge in [0.25, 0.3) is 0 Å². The Morgan fingerprint density at radius 1 is 1.43 bits per heavy atom. The second-order valence-electron chi connectivity index (χ2n) is 3.59. The summed E-state index contributed by atoms with van der Waals surface area (Å²) in [6.07, 6.45) is 6.69. The molecular formula is C10H14FN3. The van der Waals surface area contributed by atoms with E-state index in [1.54, 1.807) is 6.20 Å². The zero-order chi connectivity index (χ0) is 9.80. The molecule has 0 spiro atoms. The molecule has 3 nitrogen and oxygen atoms in total. The quantitative estimate of drug-likeness (QED) is 0.779. The molecule has 1 aliphatic heterocycles.